The number of rotatable bonds is 4. The molecule has 1 aliphatic heterocycles. The summed E-state index contributed by atoms with van der Waals surface area (Å²) in [4.78, 5) is 22.2. The second-order valence-electron chi connectivity index (χ2n) is 4.18. The Hall–Kier alpha value is -0.750. The summed E-state index contributed by atoms with van der Waals surface area (Å²) in [5.41, 5.74) is -1.89. The first-order chi connectivity index (χ1) is 7.43. The summed E-state index contributed by atoms with van der Waals surface area (Å²) in [7, 11) is 0. The van der Waals surface area contributed by atoms with Crippen molar-refractivity contribution in [1.82, 2.24) is 5.32 Å². The smallest absolute Gasteiger partial charge is 0.337 e. The second-order valence-corrected chi connectivity index (χ2v) is 5.41. The Morgan fingerprint density at radius 3 is 2.50 bits per heavy atom. The number of hydrogen-bond acceptors (Lipinski definition) is 4. The van der Waals surface area contributed by atoms with E-state index in [0.29, 0.717) is 0 Å². The summed E-state index contributed by atoms with van der Waals surface area (Å²) in [6.07, 6.45) is 1.65. The summed E-state index contributed by atoms with van der Waals surface area (Å²) in [5, 5.41) is 20.6. The van der Waals surface area contributed by atoms with Crippen LogP contribution in [0.2, 0.25) is 0 Å². The average molecular weight is 247 g/mol. The molecule has 0 spiro atoms. The summed E-state index contributed by atoms with van der Waals surface area (Å²) in [6, 6.07) is 0. The van der Waals surface area contributed by atoms with Crippen LogP contribution in [0.4, 0.5) is 0 Å². The normalized spacial score (nSPS) is 21.1. The molecule has 3 N–H and O–H groups in total. The fourth-order valence-corrected chi connectivity index (χ4v) is 2.55. The fraction of sp³-hybridized carbons (Fsp3) is 0.800. The molecule has 16 heavy (non-hydrogen) atoms. The van der Waals surface area contributed by atoms with Gasteiger partial charge in [-0.2, -0.15) is 11.8 Å². The third kappa shape index (κ3) is 3.68. The van der Waals surface area contributed by atoms with E-state index in [2.05, 4.69) is 5.32 Å². The minimum Gasteiger partial charge on any atom is -0.479 e. The zero-order valence-electron chi connectivity index (χ0n) is 9.23. The Morgan fingerprint density at radius 2 is 2.00 bits per heavy atom. The maximum atomic E-state index is 11.6. The Morgan fingerprint density at radius 1 is 1.44 bits per heavy atom. The lowest BCUT2D eigenvalue weighted by Gasteiger charge is -2.23. The number of carboxylic acids is 1. The number of nitrogens with one attached hydrogen (secondary N) is 1. The minimum absolute atomic E-state index is 0.0363. The van der Waals surface area contributed by atoms with Gasteiger partial charge in [0.25, 0.3) is 0 Å². The van der Waals surface area contributed by atoms with E-state index in [-0.39, 0.29) is 18.4 Å². The molecule has 1 unspecified atom stereocenters. The molecule has 0 saturated carbocycles. The number of hydrogen-bond donors (Lipinski definition) is 3. The number of amides is 1. The highest BCUT2D eigenvalue weighted by atomic mass is 32.2. The highest BCUT2D eigenvalue weighted by Gasteiger charge is 2.31. The third-order valence-electron chi connectivity index (χ3n) is 2.66. The van der Waals surface area contributed by atoms with Gasteiger partial charge in [0.2, 0.25) is 5.91 Å². The standard InChI is InChI=1S/C10H17NO4S/c1-10(15,9(13)14)6-11-8(12)7-2-4-16-5-3-7/h7,15H,2-6H2,1H3,(H,11,12)(H,13,14). The van der Waals surface area contributed by atoms with E-state index >= 15 is 0 Å². The van der Waals surface area contributed by atoms with Crippen LogP contribution in [-0.4, -0.2) is 45.7 Å². The molecule has 6 heteroatoms. The van der Waals surface area contributed by atoms with Crippen LogP contribution >= 0.6 is 11.8 Å². The van der Waals surface area contributed by atoms with Gasteiger partial charge < -0.3 is 15.5 Å². The van der Waals surface area contributed by atoms with Crippen molar-refractivity contribution < 1.29 is 19.8 Å². The van der Waals surface area contributed by atoms with Gasteiger partial charge >= 0.3 is 5.97 Å². The van der Waals surface area contributed by atoms with Crippen LogP contribution in [0.15, 0.2) is 0 Å². The Labute approximate surface area is 98.6 Å². The number of thioether (sulfide) groups is 1. The van der Waals surface area contributed by atoms with Crippen LogP contribution in [0.5, 0.6) is 0 Å². The van der Waals surface area contributed by atoms with Gasteiger partial charge in [0.1, 0.15) is 0 Å². The fourth-order valence-electron chi connectivity index (χ4n) is 1.44. The maximum Gasteiger partial charge on any atom is 0.337 e. The monoisotopic (exact) mass is 247 g/mol. The van der Waals surface area contributed by atoms with E-state index in [0.717, 1.165) is 24.3 Å². The molecule has 5 nitrogen and oxygen atoms in total. The topological polar surface area (TPSA) is 86.6 Å². The lowest BCUT2D eigenvalue weighted by atomic mass is 10.0. The number of carbonyl (C=O) groups excluding carboxylic acids is 1. The van der Waals surface area contributed by atoms with Gasteiger partial charge in [-0.25, -0.2) is 4.79 Å². The third-order valence-corrected chi connectivity index (χ3v) is 3.71. The highest BCUT2D eigenvalue weighted by Crippen LogP contribution is 2.22. The Kier molecular flexibility index (Phi) is 4.61. The maximum absolute atomic E-state index is 11.6. The van der Waals surface area contributed by atoms with Crippen LogP contribution in [0.25, 0.3) is 0 Å². The molecule has 92 valence electrons. The highest BCUT2D eigenvalue weighted by molar-refractivity contribution is 7.99. The predicted molar refractivity (Wildman–Crippen MR) is 61.3 cm³/mol. The van der Waals surface area contributed by atoms with Crippen LogP contribution in [0.3, 0.4) is 0 Å². The molecule has 0 bridgehead atoms. The zero-order chi connectivity index (χ0) is 12.2. The average Bonchev–Trinajstić information content (AvgIpc) is 2.27. The molecular weight excluding hydrogens is 230 g/mol. The first kappa shape index (κ1) is 13.3. The molecule has 0 aromatic heterocycles. The summed E-state index contributed by atoms with van der Waals surface area (Å²) in [5.74, 6) is 0.417. The van der Waals surface area contributed by atoms with Crippen molar-refractivity contribution >= 4 is 23.6 Å². The van der Waals surface area contributed by atoms with Gasteiger partial charge in [0, 0.05) is 5.92 Å². The van der Waals surface area contributed by atoms with Gasteiger partial charge in [-0.1, -0.05) is 0 Å². The van der Waals surface area contributed by atoms with Crippen molar-refractivity contribution in [3.8, 4) is 0 Å². The molecule has 0 aromatic carbocycles. The lowest BCUT2D eigenvalue weighted by Crippen LogP contribution is -2.48. The van der Waals surface area contributed by atoms with Crippen molar-refractivity contribution in [2.75, 3.05) is 18.1 Å². The number of aliphatic carboxylic acids is 1. The quantitative estimate of drug-likeness (QED) is 0.655. The van der Waals surface area contributed by atoms with E-state index in [1.807, 2.05) is 11.8 Å². The SMILES string of the molecule is CC(O)(CNC(=O)C1CCSCC1)C(=O)O. The number of carbonyl (C=O) groups is 2. The van der Waals surface area contributed by atoms with E-state index in [1.165, 1.54) is 6.92 Å². The molecule has 1 atom stereocenters. The molecular formula is C10H17NO4S. The summed E-state index contributed by atoms with van der Waals surface area (Å²) >= 11 is 1.82. The van der Waals surface area contributed by atoms with Gasteiger partial charge in [-0.15, -0.1) is 0 Å². The number of aliphatic hydroxyl groups is 1. The van der Waals surface area contributed by atoms with Gasteiger partial charge in [0.15, 0.2) is 5.60 Å². The van der Waals surface area contributed by atoms with E-state index in [1.54, 1.807) is 0 Å². The first-order valence-corrected chi connectivity index (χ1v) is 6.40. The summed E-state index contributed by atoms with van der Waals surface area (Å²) < 4.78 is 0. The largest absolute Gasteiger partial charge is 0.479 e. The van der Waals surface area contributed by atoms with Gasteiger partial charge in [0.05, 0.1) is 6.54 Å². The van der Waals surface area contributed by atoms with Crippen LogP contribution < -0.4 is 5.32 Å². The molecule has 1 rings (SSSR count). The predicted octanol–water partition coefficient (Wildman–Crippen LogP) is 0.0814. The number of carboxylic acid groups (broad SMARTS) is 1. The van der Waals surface area contributed by atoms with Crippen molar-refractivity contribution in [2.24, 2.45) is 5.92 Å². The van der Waals surface area contributed by atoms with Gasteiger partial charge in [-0.3, -0.25) is 4.79 Å². The minimum atomic E-state index is -1.89. The molecule has 0 radical (unpaired) electrons. The van der Waals surface area contributed by atoms with Crippen molar-refractivity contribution in [3.63, 3.8) is 0 Å². The van der Waals surface area contributed by atoms with E-state index in [9.17, 15) is 14.7 Å². The Balaban J connectivity index is 2.37. The molecule has 1 amide bonds. The molecule has 0 aromatic rings. The molecule has 1 saturated heterocycles. The lowest BCUT2D eigenvalue weighted by molar-refractivity contribution is -0.156. The molecule has 0 aliphatic carbocycles. The molecule has 1 aliphatic rings. The van der Waals surface area contributed by atoms with Crippen molar-refractivity contribution in [2.45, 2.75) is 25.4 Å². The zero-order valence-corrected chi connectivity index (χ0v) is 10.0. The summed E-state index contributed by atoms with van der Waals surface area (Å²) in [6.45, 7) is 0.928. The molecule has 1 heterocycles. The van der Waals surface area contributed by atoms with E-state index in [4.69, 9.17) is 5.11 Å². The van der Waals surface area contributed by atoms with Crippen molar-refractivity contribution in [1.29, 1.82) is 0 Å². The van der Waals surface area contributed by atoms with Crippen LogP contribution in [0.1, 0.15) is 19.8 Å². The molecule has 1 fully saturated rings. The Bertz CT molecular complexity index is 274. The first-order valence-electron chi connectivity index (χ1n) is 5.25. The van der Waals surface area contributed by atoms with E-state index < -0.39 is 11.6 Å². The van der Waals surface area contributed by atoms with Crippen molar-refractivity contribution in [3.05, 3.63) is 0 Å². The van der Waals surface area contributed by atoms with Gasteiger partial charge in [-0.05, 0) is 31.3 Å². The van der Waals surface area contributed by atoms with Crippen LogP contribution in [0, 0.1) is 5.92 Å². The van der Waals surface area contributed by atoms with Crippen LogP contribution in [-0.2, 0) is 9.59 Å². The second kappa shape index (κ2) is 5.54.